The van der Waals surface area contributed by atoms with Crippen LogP contribution in [0.2, 0.25) is 0 Å². The minimum Gasteiger partial charge on any atom is -0.507 e. The molecule has 2 aromatic carbocycles. The summed E-state index contributed by atoms with van der Waals surface area (Å²) in [5.41, 5.74) is 1.30. The van der Waals surface area contributed by atoms with Crippen LogP contribution >= 0.6 is 0 Å². The van der Waals surface area contributed by atoms with Gasteiger partial charge in [-0.2, -0.15) is 0 Å². The minimum absolute atomic E-state index is 0.112. The molecule has 0 aliphatic carbocycles. The van der Waals surface area contributed by atoms with E-state index in [4.69, 9.17) is 4.74 Å². The lowest BCUT2D eigenvalue weighted by Gasteiger charge is -2.21. The molecule has 2 heterocycles. The molecular weight excluding hydrogens is 436 g/mol. The van der Waals surface area contributed by atoms with Crippen molar-refractivity contribution in [2.75, 3.05) is 20.2 Å². The molecule has 2 amide bonds. The maximum Gasteiger partial charge on any atom is 0.251 e. The second kappa shape index (κ2) is 10.1. The van der Waals surface area contributed by atoms with Gasteiger partial charge in [0.15, 0.2) is 5.78 Å². The van der Waals surface area contributed by atoms with E-state index in [1.54, 1.807) is 42.7 Å². The number of hydrogen-bond acceptors (Lipinski definition) is 7. The number of nitrogens with zero attached hydrogens (tertiary/aromatic N) is 1. The van der Waals surface area contributed by atoms with Crippen LogP contribution in [0.25, 0.3) is 0 Å². The van der Waals surface area contributed by atoms with Gasteiger partial charge in [0.2, 0.25) is 0 Å². The van der Waals surface area contributed by atoms with Gasteiger partial charge in [-0.15, -0.1) is 0 Å². The summed E-state index contributed by atoms with van der Waals surface area (Å²) in [6, 6.07) is 13.3. The molecule has 1 saturated heterocycles. The summed E-state index contributed by atoms with van der Waals surface area (Å²) >= 11 is 0. The number of hydrogen-bond donors (Lipinski definition) is 4. The third-order valence-corrected chi connectivity index (χ3v) is 5.65. The van der Waals surface area contributed by atoms with E-state index >= 15 is 0 Å². The Morgan fingerprint density at radius 2 is 1.44 bits per heavy atom. The molecule has 2 atom stereocenters. The normalized spacial score (nSPS) is 17.1. The Kier molecular flexibility index (Phi) is 6.84. The number of carbonyl (C=O) groups excluding carboxylic acids is 3. The van der Waals surface area contributed by atoms with Gasteiger partial charge < -0.3 is 25.8 Å². The summed E-state index contributed by atoms with van der Waals surface area (Å²) in [5.74, 6) is -0.643. The molecule has 174 valence electrons. The van der Waals surface area contributed by atoms with Crippen molar-refractivity contribution in [2.45, 2.75) is 12.1 Å². The zero-order chi connectivity index (χ0) is 24.1. The largest absolute Gasteiger partial charge is 0.507 e. The fourth-order valence-corrected chi connectivity index (χ4v) is 3.74. The van der Waals surface area contributed by atoms with Crippen LogP contribution in [0.3, 0.4) is 0 Å². The second-order valence-electron chi connectivity index (χ2n) is 7.84. The molecule has 0 radical (unpaired) electrons. The van der Waals surface area contributed by atoms with Crippen molar-refractivity contribution in [3.8, 4) is 11.5 Å². The maximum atomic E-state index is 12.8. The highest BCUT2D eigenvalue weighted by molar-refractivity contribution is 6.11. The number of pyridine rings is 1. The van der Waals surface area contributed by atoms with Crippen LogP contribution in [0.1, 0.15) is 36.6 Å². The lowest BCUT2D eigenvalue weighted by molar-refractivity contribution is 0.0896. The molecule has 0 unspecified atom stereocenters. The van der Waals surface area contributed by atoms with E-state index in [-0.39, 0.29) is 41.0 Å². The van der Waals surface area contributed by atoms with Crippen molar-refractivity contribution in [1.82, 2.24) is 20.9 Å². The van der Waals surface area contributed by atoms with E-state index in [2.05, 4.69) is 20.9 Å². The standard InChI is InChI=1S/C25H24N4O5/c1-34-18-6-7-22(30)19(12-18)23(31)15-2-4-16(5-3-15)24(32)28-20-13-27-14-21(20)29-25(33)17-8-10-26-11-9-17/h2-12,20-21,27,30H,13-14H2,1H3,(H,28,32)(H,29,33)/t20-,21-/m1/s1. The Morgan fingerprint density at radius 3 is 2.03 bits per heavy atom. The summed E-state index contributed by atoms with van der Waals surface area (Å²) < 4.78 is 5.12. The number of carbonyl (C=O) groups is 3. The van der Waals surface area contributed by atoms with Crippen molar-refractivity contribution in [2.24, 2.45) is 0 Å². The maximum absolute atomic E-state index is 12.8. The number of aromatic nitrogens is 1. The fraction of sp³-hybridized carbons (Fsp3) is 0.200. The van der Waals surface area contributed by atoms with Gasteiger partial charge in [-0.05, 0) is 42.5 Å². The number of aromatic hydroxyl groups is 1. The Balaban J connectivity index is 1.40. The van der Waals surface area contributed by atoms with Crippen LogP contribution in [0.5, 0.6) is 11.5 Å². The van der Waals surface area contributed by atoms with Crippen molar-refractivity contribution in [3.05, 3.63) is 89.2 Å². The molecule has 9 heteroatoms. The number of ketones is 1. The van der Waals surface area contributed by atoms with E-state index in [1.807, 2.05) is 0 Å². The van der Waals surface area contributed by atoms with Crippen LogP contribution in [0, 0.1) is 0 Å². The molecule has 34 heavy (non-hydrogen) atoms. The predicted molar refractivity (Wildman–Crippen MR) is 124 cm³/mol. The number of phenols is 1. The molecule has 4 rings (SSSR count). The number of amides is 2. The number of benzene rings is 2. The van der Waals surface area contributed by atoms with Crippen LogP contribution < -0.4 is 20.7 Å². The fourth-order valence-electron chi connectivity index (χ4n) is 3.74. The third-order valence-electron chi connectivity index (χ3n) is 5.65. The van der Waals surface area contributed by atoms with Crippen molar-refractivity contribution >= 4 is 17.6 Å². The summed E-state index contributed by atoms with van der Waals surface area (Å²) in [7, 11) is 1.48. The Hall–Kier alpha value is -4.24. The zero-order valence-electron chi connectivity index (χ0n) is 18.4. The highest BCUT2D eigenvalue weighted by Gasteiger charge is 2.30. The van der Waals surface area contributed by atoms with Gasteiger partial charge in [-0.1, -0.05) is 12.1 Å². The van der Waals surface area contributed by atoms with Gasteiger partial charge in [0.25, 0.3) is 11.8 Å². The lowest BCUT2D eigenvalue weighted by Crippen LogP contribution is -2.51. The molecule has 0 saturated carbocycles. The SMILES string of the molecule is COc1ccc(O)c(C(=O)c2ccc(C(=O)N[C@@H]3CNC[C@H]3NC(=O)c3ccncc3)cc2)c1. The van der Waals surface area contributed by atoms with E-state index in [0.29, 0.717) is 35.5 Å². The highest BCUT2D eigenvalue weighted by atomic mass is 16.5. The molecular formula is C25H24N4O5. The highest BCUT2D eigenvalue weighted by Crippen LogP contribution is 2.25. The molecule has 1 aliphatic heterocycles. The first-order valence-electron chi connectivity index (χ1n) is 10.7. The average Bonchev–Trinajstić information content (AvgIpc) is 3.30. The molecule has 0 bridgehead atoms. The number of rotatable bonds is 7. The van der Waals surface area contributed by atoms with Crippen LogP contribution in [0.4, 0.5) is 0 Å². The monoisotopic (exact) mass is 460 g/mol. The molecule has 4 N–H and O–H groups in total. The zero-order valence-corrected chi connectivity index (χ0v) is 18.4. The molecule has 1 aromatic heterocycles. The quantitative estimate of drug-likeness (QED) is 0.394. The predicted octanol–water partition coefficient (Wildman–Crippen LogP) is 1.53. The van der Waals surface area contributed by atoms with Crippen LogP contribution in [0.15, 0.2) is 67.0 Å². The average molecular weight is 460 g/mol. The van der Waals surface area contributed by atoms with E-state index in [0.717, 1.165) is 0 Å². The van der Waals surface area contributed by atoms with Gasteiger partial charge in [-0.3, -0.25) is 19.4 Å². The summed E-state index contributed by atoms with van der Waals surface area (Å²) in [5, 5.41) is 19.1. The first kappa shape index (κ1) is 22.9. The van der Waals surface area contributed by atoms with E-state index in [9.17, 15) is 19.5 Å². The number of methoxy groups -OCH3 is 1. The first-order chi connectivity index (χ1) is 16.5. The van der Waals surface area contributed by atoms with Gasteiger partial charge in [0.1, 0.15) is 11.5 Å². The molecule has 3 aromatic rings. The number of phenolic OH excluding ortho intramolecular Hbond substituents is 1. The molecule has 1 aliphatic rings. The van der Waals surface area contributed by atoms with Crippen molar-refractivity contribution in [3.63, 3.8) is 0 Å². The Morgan fingerprint density at radius 1 is 0.882 bits per heavy atom. The van der Waals surface area contributed by atoms with Gasteiger partial charge in [-0.25, -0.2) is 0 Å². The van der Waals surface area contributed by atoms with Crippen molar-refractivity contribution in [1.29, 1.82) is 0 Å². The number of nitrogens with one attached hydrogen (secondary N) is 3. The lowest BCUT2D eigenvalue weighted by atomic mass is 10.0. The third kappa shape index (κ3) is 5.05. The van der Waals surface area contributed by atoms with Crippen molar-refractivity contribution < 1.29 is 24.2 Å². The molecule has 9 nitrogen and oxygen atoms in total. The summed E-state index contributed by atoms with van der Waals surface area (Å²) in [4.78, 5) is 41.9. The van der Waals surface area contributed by atoms with Gasteiger partial charge >= 0.3 is 0 Å². The Labute approximate surface area is 196 Å². The van der Waals surface area contributed by atoms with Crippen LogP contribution in [-0.4, -0.2) is 60.0 Å². The second-order valence-corrected chi connectivity index (χ2v) is 7.84. The smallest absolute Gasteiger partial charge is 0.251 e. The first-order valence-corrected chi connectivity index (χ1v) is 10.7. The van der Waals surface area contributed by atoms with Crippen LogP contribution in [-0.2, 0) is 0 Å². The van der Waals surface area contributed by atoms with E-state index < -0.39 is 0 Å². The minimum atomic E-state index is -0.387. The summed E-state index contributed by atoms with van der Waals surface area (Å²) in [6.07, 6.45) is 3.09. The molecule has 0 spiro atoms. The van der Waals surface area contributed by atoms with Gasteiger partial charge in [0, 0.05) is 42.2 Å². The van der Waals surface area contributed by atoms with E-state index in [1.165, 1.54) is 31.4 Å². The van der Waals surface area contributed by atoms with Gasteiger partial charge in [0.05, 0.1) is 24.8 Å². The Bertz CT molecular complexity index is 1200. The molecule has 1 fully saturated rings. The summed E-state index contributed by atoms with van der Waals surface area (Å²) in [6.45, 7) is 1.04. The topological polar surface area (TPSA) is 130 Å². The number of ether oxygens (including phenoxy) is 1.